The van der Waals surface area contributed by atoms with E-state index in [1.54, 1.807) is 0 Å². The smallest absolute Gasteiger partial charge is 0 e. The molecule has 0 N–H and O–H groups in total. The fourth-order valence-electron chi connectivity index (χ4n) is 0. The van der Waals surface area contributed by atoms with Gasteiger partial charge in [-0.2, -0.15) is 0 Å². The van der Waals surface area contributed by atoms with Crippen molar-refractivity contribution in [1.82, 2.24) is 0 Å². The predicted molar refractivity (Wildman–Crippen MR) is 9.94 cm³/mol. The van der Waals surface area contributed by atoms with Gasteiger partial charge in [-0.15, -0.1) is 0 Å². The minimum atomic E-state index is 0. The Balaban J connectivity index is 0. The van der Waals surface area contributed by atoms with Crippen LogP contribution in [0.25, 0.3) is 0 Å². The Morgan fingerprint density at radius 2 is 1.00 bits per heavy atom. The summed E-state index contributed by atoms with van der Waals surface area (Å²) in [7, 11) is 0. The van der Waals surface area contributed by atoms with Crippen LogP contribution in [0.3, 0.4) is 0 Å². The monoisotopic (exact) mass is 688 g/mol. The maximum absolute atomic E-state index is 0. The van der Waals surface area contributed by atoms with Gasteiger partial charge in [-0.1, -0.05) is 0 Å². The fourth-order valence-corrected chi connectivity index (χ4v) is 0. The molecule has 6 heteroatoms. The van der Waals surface area contributed by atoms with Crippen LogP contribution in [0, 0.1) is 0 Å². The SMILES string of the molecule is B.[Co].[Cr].[Pt].[Re].[Ta]. The van der Waals surface area contributed by atoms with Crippen molar-refractivity contribution in [2.75, 3.05) is 0 Å². The molecule has 0 rings (SSSR count). The van der Waals surface area contributed by atoms with E-state index in [9.17, 15) is 0 Å². The zero-order chi connectivity index (χ0) is 0. The number of hydrogen-bond acceptors (Lipinski definition) is 0. The Labute approximate surface area is 105 Å². The zero-order valence-corrected chi connectivity index (χ0v) is 12.4. The summed E-state index contributed by atoms with van der Waals surface area (Å²) in [4.78, 5) is 0. The predicted octanol–water partition coefficient (Wildman–Crippen LogP) is -1.20. The summed E-state index contributed by atoms with van der Waals surface area (Å²) in [6, 6.07) is 0. The molecular weight excluding hydrogens is 684 g/mol. The van der Waals surface area contributed by atoms with Crippen LogP contribution in [0.5, 0.6) is 0 Å². The van der Waals surface area contributed by atoms with E-state index in [4.69, 9.17) is 0 Å². The van der Waals surface area contributed by atoms with Gasteiger partial charge in [0, 0.05) is 98.0 Å². The molecule has 0 aliphatic heterocycles. The largest absolute Gasteiger partial charge is 0.0814 e. The first-order valence-corrected chi connectivity index (χ1v) is 0. The second-order valence-corrected chi connectivity index (χ2v) is 0. The maximum atomic E-state index is 0. The topological polar surface area (TPSA) is 0 Å². The molecule has 0 atom stereocenters. The Morgan fingerprint density at radius 1 is 1.00 bits per heavy atom. The quantitative estimate of drug-likeness (QED) is 0.282. The van der Waals surface area contributed by atoms with Gasteiger partial charge in [0.2, 0.25) is 0 Å². The Hall–Kier alpha value is 3.19. The van der Waals surface area contributed by atoms with Crippen molar-refractivity contribution >= 4 is 8.41 Å². The average molecular weight is 687 g/mol. The van der Waals surface area contributed by atoms with Crippen LogP contribution in [0.1, 0.15) is 0 Å². The third-order valence-electron chi connectivity index (χ3n) is 0. The maximum Gasteiger partial charge on any atom is 0.0814 e. The second-order valence-electron chi connectivity index (χ2n) is 0. The molecular formula is H3BCoCrPtReTa. The van der Waals surface area contributed by atoms with E-state index in [-0.39, 0.29) is 106 Å². The molecule has 0 aromatic rings. The molecule has 6 heavy (non-hydrogen) atoms. The average Bonchev–Trinajstić information content (AvgIpc) is 0. The van der Waals surface area contributed by atoms with E-state index in [2.05, 4.69) is 0 Å². The molecule has 0 saturated heterocycles. The van der Waals surface area contributed by atoms with E-state index < -0.39 is 0 Å². The first kappa shape index (κ1) is 60.5. The zero-order valence-electron chi connectivity index (χ0n) is 1.88. The van der Waals surface area contributed by atoms with Gasteiger partial charge in [0.25, 0.3) is 0 Å². The molecule has 43 valence electrons. The molecule has 0 aromatic heterocycles. The molecule has 0 saturated carbocycles. The van der Waals surface area contributed by atoms with Crippen molar-refractivity contribution in [1.29, 1.82) is 0 Å². The third-order valence-corrected chi connectivity index (χ3v) is 0. The van der Waals surface area contributed by atoms with E-state index in [1.807, 2.05) is 0 Å². The number of rotatable bonds is 0. The van der Waals surface area contributed by atoms with Gasteiger partial charge < -0.3 is 0 Å². The van der Waals surface area contributed by atoms with Crippen molar-refractivity contribution in [3.8, 4) is 0 Å². The summed E-state index contributed by atoms with van der Waals surface area (Å²) in [6.07, 6.45) is 0. The first-order chi connectivity index (χ1) is 0. The van der Waals surface area contributed by atoms with Crippen LogP contribution in [0.15, 0.2) is 0 Å². The molecule has 0 aliphatic rings. The van der Waals surface area contributed by atoms with Crippen molar-refractivity contribution in [2.45, 2.75) is 0 Å². The van der Waals surface area contributed by atoms with E-state index in [0.717, 1.165) is 0 Å². The Kier molecular flexibility index (Phi) is 419. The van der Waals surface area contributed by atoms with Gasteiger partial charge in [-0.3, -0.25) is 0 Å². The molecule has 0 bridgehead atoms. The minimum absolute atomic E-state index is 0. The molecule has 0 heterocycles. The van der Waals surface area contributed by atoms with Gasteiger partial charge in [0.15, 0.2) is 0 Å². The fraction of sp³-hybridized carbons (Fsp3) is 0. The Morgan fingerprint density at radius 3 is 1.00 bits per heavy atom. The molecule has 0 fully saturated rings. The number of hydrogen-bond donors (Lipinski definition) is 0. The molecule has 0 aromatic carbocycles. The molecule has 0 spiro atoms. The van der Waals surface area contributed by atoms with Gasteiger partial charge in [0.05, 0.1) is 8.41 Å². The van der Waals surface area contributed by atoms with Crippen LogP contribution in [-0.4, -0.2) is 8.41 Å². The normalized spacial score (nSPS) is 0. The van der Waals surface area contributed by atoms with Crippen molar-refractivity contribution < 1.29 is 98.0 Å². The van der Waals surface area contributed by atoms with Crippen LogP contribution in [-0.2, 0) is 98.0 Å². The van der Waals surface area contributed by atoms with Gasteiger partial charge in [-0.25, -0.2) is 0 Å². The summed E-state index contributed by atoms with van der Waals surface area (Å²) in [5, 5.41) is 0. The first-order valence-electron chi connectivity index (χ1n) is 0. The van der Waals surface area contributed by atoms with Crippen molar-refractivity contribution in [2.24, 2.45) is 0 Å². The van der Waals surface area contributed by atoms with Crippen LogP contribution in [0.4, 0.5) is 0 Å². The van der Waals surface area contributed by atoms with Gasteiger partial charge in [-0.05, 0) is 0 Å². The molecule has 0 nitrogen and oxygen atoms in total. The van der Waals surface area contributed by atoms with Crippen molar-refractivity contribution in [3.05, 3.63) is 0 Å². The molecule has 0 amide bonds. The van der Waals surface area contributed by atoms with Crippen molar-refractivity contribution in [3.63, 3.8) is 0 Å². The second kappa shape index (κ2) is 41.6. The Bertz CT molecular complexity index is 15.5. The summed E-state index contributed by atoms with van der Waals surface area (Å²) in [5.41, 5.74) is 0. The molecule has 0 unspecified atom stereocenters. The van der Waals surface area contributed by atoms with E-state index >= 15 is 0 Å². The molecule has 0 aliphatic carbocycles. The van der Waals surface area contributed by atoms with Crippen LogP contribution < -0.4 is 0 Å². The van der Waals surface area contributed by atoms with E-state index in [0.29, 0.717) is 0 Å². The summed E-state index contributed by atoms with van der Waals surface area (Å²) >= 11 is 0. The summed E-state index contributed by atoms with van der Waals surface area (Å²) < 4.78 is 0. The van der Waals surface area contributed by atoms with Gasteiger partial charge >= 0.3 is 0 Å². The van der Waals surface area contributed by atoms with Crippen LogP contribution >= 0.6 is 0 Å². The third kappa shape index (κ3) is 27.1. The van der Waals surface area contributed by atoms with E-state index in [1.165, 1.54) is 0 Å². The summed E-state index contributed by atoms with van der Waals surface area (Å²) in [5.74, 6) is 0. The minimum Gasteiger partial charge on any atom is 0 e. The van der Waals surface area contributed by atoms with Crippen LogP contribution in [0.2, 0.25) is 0 Å². The van der Waals surface area contributed by atoms with Gasteiger partial charge in [0.1, 0.15) is 0 Å². The standard InChI is InChI=1S/BH3.Co.Cr.Pt.Re.Ta/h1H3;;;;;. The summed E-state index contributed by atoms with van der Waals surface area (Å²) in [6.45, 7) is 0. The molecule has 3 radical (unpaired) electrons.